The van der Waals surface area contributed by atoms with E-state index in [1.54, 1.807) is 32.0 Å². The Balaban J connectivity index is 1.75. The number of nitrogens with one attached hydrogen (secondary N) is 1. The van der Waals surface area contributed by atoms with Crippen molar-refractivity contribution in [3.05, 3.63) is 46.6 Å². The van der Waals surface area contributed by atoms with Crippen LogP contribution in [0.1, 0.15) is 24.6 Å². The number of carbonyl (C=O) groups excluding carboxylic acids is 1. The molecular weight excluding hydrogens is 323 g/mol. The lowest BCUT2D eigenvalue weighted by atomic mass is 10.1. The minimum absolute atomic E-state index is 0.147. The van der Waals surface area contributed by atoms with Gasteiger partial charge in [0.05, 0.1) is 11.7 Å². The van der Waals surface area contributed by atoms with E-state index in [4.69, 9.17) is 20.9 Å². The Labute approximate surface area is 138 Å². The van der Waals surface area contributed by atoms with Crippen molar-refractivity contribution in [1.29, 1.82) is 0 Å². The summed E-state index contributed by atoms with van der Waals surface area (Å²) in [7, 11) is 0. The number of rotatable bonds is 7. The topological polar surface area (TPSA) is 64.4 Å². The van der Waals surface area contributed by atoms with Gasteiger partial charge in [-0.2, -0.15) is 0 Å². The van der Waals surface area contributed by atoms with Crippen molar-refractivity contribution in [3.8, 4) is 5.75 Å². The van der Waals surface area contributed by atoms with E-state index in [9.17, 15) is 9.18 Å². The summed E-state index contributed by atoms with van der Waals surface area (Å²) in [6.45, 7) is 3.74. The molecule has 0 aliphatic carbocycles. The molecule has 0 fully saturated rings. The fourth-order valence-electron chi connectivity index (χ4n) is 2.04. The molecule has 1 amide bonds. The number of amides is 1. The number of nitrogens with zero attached hydrogens (tertiary/aromatic N) is 1. The molecule has 0 saturated carbocycles. The van der Waals surface area contributed by atoms with Crippen LogP contribution in [0.4, 0.5) is 4.39 Å². The normalized spacial score (nSPS) is 12.0. The van der Waals surface area contributed by atoms with Crippen molar-refractivity contribution in [3.63, 3.8) is 0 Å². The summed E-state index contributed by atoms with van der Waals surface area (Å²) in [4.78, 5) is 11.9. The minimum atomic E-state index is -0.427. The molecule has 23 heavy (non-hydrogen) atoms. The van der Waals surface area contributed by atoms with Crippen LogP contribution >= 0.6 is 11.6 Å². The van der Waals surface area contributed by atoms with Gasteiger partial charge in [0.25, 0.3) is 0 Å². The van der Waals surface area contributed by atoms with Crippen LogP contribution < -0.4 is 10.1 Å². The van der Waals surface area contributed by atoms with E-state index in [1.807, 2.05) is 0 Å². The summed E-state index contributed by atoms with van der Waals surface area (Å²) in [6.07, 6.45) is 0.701. The van der Waals surface area contributed by atoms with E-state index in [0.717, 1.165) is 5.56 Å². The molecule has 0 bridgehead atoms. The summed E-state index contributed by atoms with van der Waals surface area (Å²) >= 11 is 5.85. The van der Waals surface area contributed by atoms with E-state index >= 15 is 0 Å². The van der Waals surface area contributed by atoms with Gasteiger partial charge in [0.15, 0.2) is 11.6 Å². The Morgan fingerprint density at radius 3 is 2.87 bits per heavy atom. The molecule has 124 valence electrons. The van der Waals surface area contributed by atoms with Crippen LogP contribution in [-0.4, -0.2) is 23.7 Å². The fraction of sp³-hybridized carbons (Fsp3) is 0.375. The summed E-state index contributed by atoms with van der Waals surface area (Å²) in [5.41, 5.74) is 1.41. The van der Waals surface area contributed by atoms with Crippen molar-refractivity contribution in [1.82, 2.24) is 10.5 Å². The molecule has 5 nitrogen and oxygen atoms in total. The van der Waals surface area contributed by atoms with Gasteiger partial charge >= 0.3 is 0 Å². The molecule has 1 atom stereocenters. The Hall–Kier alpha value is -2.08. The van der Waals surface area contributed by atoms with Gasteiger partial charge in [0, 0.05) is 12.0 Å². The molecule has 0 unspecified atom stereocenters. The van der Waals surface area contributed by atoms with Gasteiger partial charge in [-0.3, -0.25) is 4.79 Å². The van der Waals surface area contributed by atoms with Crippen LogP contribution in [0.3, 0.4) is 0 Å². The lowest BCUT2D eigenvalue weighted by Gasteiger charge is -2.15. The van der Waals surface area contributed by atoms with Gasteiger partial charge < -0.3 is 14.6 Å². The second-order valence-electron chi connectivity index (χ2n) is 5.23. The van der Waals surface area contributed by atoms with E-state index in [0.29, 0.717) is 12.1 Å². The number of aryl methyl sites for hydroxylation is 1. The maximum absolute atomic E-state index is 13.4. The molecule has 1 aromatic carbocycles. The quantitative estimate of drug-likeness (QED) is 0.840. The van der Waals surface area contributed by atoms with Crippen molar-refractivity contribution in [2.24, 2.45) is 0 Å². The summed E-state index contributed by atoms with van der Waals surface area (Å²) in [6, 6.07) is 5.89. The Kier molecular flexibility index (Phi) is 5.98. The third-order valence-electron chi connectivity index (χ3n) is 3.27. The smallest absolute Gasteiger partial charge is 0.229 e. The second-order valence-corrected chi connectivity index (χ2v) is 5.57. The lowest BCUT2D eigenvalue weighted by molar-refractivity contribution is -0.121. The van der Waals surface area contributed by atoms with Crippen LogP contribution in [0.2, 0.25) is 5.22 Å². The van der Waals surface area contributed by atoms with E-state index in [1.165, 1.54) is 6.07 Å². The van der Waals surface area contributed by atoms with Crippen molar-refractivity contribution >= 4 is 17.5 Å². The highest BCUT2D eigenvalue weighted by Crippen LogP contribution is 2.20. The molecule has 1 heterocycles. The van der Waals surface area contributed by atoms with Crippen molar-refractivity contribution in [2.75, 3.05) is 6.61 Å². The first-order chi connectivity index (χ1) is 11.0. The van der Waals surface area contributed by atoms with Crippen molar-refractivity contribution in [2.45, 2.75) is 32.7 Å². The molecule has 0 aliphatic heterocycles. The van der Waals surface area contributed by atoms with Gasteiger partial charge in [-0.1, -0.05) is 17.3 Å². The summed E-state index contributed by atoms with van der Waals surface area (Å²) in [5.74, 6) is -0.407. The summed E-state index contributed by atoms with van der Waals surface area (Å²) < 4.78 is 23.6. The zero-order valence-corrected chi connectivity index (χ0v) is 13.7. The zero-order chi connectivity index (χ0) is 16.8. The first-order valence-electron chi connectivity index (χ1n) is 7.24. The highest BCUT2D eigenvalue weighted by molar-refractivity contribution is 6.29. The highest BCUT2D eigenvalue weighted by Gasteiger charge is 2.14. The molecule has 2 rings (SSSR count). The zero-order valence-electron chi connectivity index (χ0n) is 12.9. The average Bonchev–Trinajstić information content (AvgIpc) is 2.83. The molecule has 2 aromatic rings. The summed E-state index contributed by atoms with van der Waals surface area (Å²) in [5, 5.41) is 6.74. The van der Waals surface area contributed by atoms with Crippen LogP contribution in [0.5, 0.6) is 5.75 Å². The first-order valence-corrected chi connectivity index (χ1v) is 7.62. The highest BCUT2D eigenvalue weighted by atomic mass is 35.5. The molecule has 1 aromatic heterocycles. The van der Waals surface area contributed by atoms with Gasteiger partial charge in [0.2, 0.25) is 11.1 Å². The third kappa shape index (κ3) is 4.96. The standard InChI is InChI=1S/C16H18ClFN2O3/c1-10(9-22-14-6-4-3-5-13(14)18)19-15(21)8-7-12-11(2)20-23-16(12)17/h3-6,10H,7-9H2,1-2H3,(H,19,21)/t10-/m0/s1. The average molecular weight is 341 g/mol. The maximum atomic E-state index is 13.4. The van der Waals surface area contributed by atoms with Gasteiger partial charge in [-0.25, -0.2) is 4.39 Å². The number of para-hydroxylation sites is 1. The molecule has 7 heteroatoms. The number of hydrogen-bond acceptors (Lipinski definition) is 4. The van der Waals surface area contributed by atoms with E-state index in [2.05, 4.69) is 10.5 Å². The predicted octanol–water partition coefficient (Wildman–Crippen LogP) is 3.29. The molecular formula is C16H18ClFN2O3. The number of carbonyl (C=O) groups is 1. The maximum Gasteiger partial charge on any atom is 0.229 e. The molecule has 0 radical (unpaired) electrons. The number of ether oxygens (including phenoxy) is 1. The van der Waals surface area contributed by atoms with E-state index < -0.39 is 5.82 Å². The van der Waals surface area contributed by atoms with Gasteiger partial charge in [-0.15, -0.1) is 0 Å². The predicted molar refractivity (Wildman–Crippen MR) is 84.1 cm³/mol. The molecule has 0 saturated heterocycles. The number of halogens is 2. The van der Waals surface area contributed by atoms with Crippen LogP contribution in [0.25, 0.3) is 0 Å². The first kappa shape index (κ1) is 17.3. The van der Waals surface area contributed by atoms with Crippen LogP contribution in [0, 0.1) is 12.7 Å². The molecule has 1 N–H and O–H groups in total. The van der Waals surface area contributed by atoms with E-state index in [-0.39, 0.29) is 35.9 Å². The second kappa shape index (κ2) is 7.97. The van der Waals surface area contributed by atoms with Gasteiger partial charge in [0.1, 0.15) is 6.61 Å². The number of benzene rings is 1. The number of hydrogen-bond donors (Lipinski definition) is 1. The minimum Gasteiger partial charge on any atom is -0.488 e. The van der Waals surface area contributed by atoms with Crippen molar-refractivity contribution < 1.29 is 18.4 Å². The Bertz CT molecular complexity index is 656. The fourth-order valence-corrected chi connectivity index (χ4v) is 2.31. The lowest BCUT2D eigenvalue weighted by Crippen LogP contribution is -2.37. The molecule has 0 aliphatic rings. The Morgan fingerprint density at radius 1 is 1.48 bits per heavy atom. The largest absolute Gasteiger partial charge is 0.488 e. The number of aromatic nitrogens is 1. The SMILES string of the molecule is Cc1noc(Cl)c1CCC(=O)N[C@@H](C)COc1ccccc1F. The van der Waals surface area contributed by atoms with Crippen LogP contribution in [0.15, 0.2) is 28.8 Å². The molecule has 0 spiro atoms. The van der Waals surface area contributed by atoms with Gasteiger partial charge in [-0.05, 0) is 44.0 Å². The Morgan fingerprint density at radius 2 is 2.22 bits per heavy atom. The monoisotopic (exact) mass is 340 g/mol. The van der Waals surface area contributed by atoms with Crippen LogP contribution in [-0.2, 0) is 11.2 Å². The third-order valence-corrected chi connectivity index (χ3v) is 3.57.